The Bertz CT molecular complexity index is 302. The van der Waals surface area contributed by atoms with Gasteiger partial charge in [-0.3, -0.25) is 0 Å². The van der Waals surface area contributed by atoms with Gasteiger partial charge in [0.25, 0.3) is 0 Å². The monoisotopic (exact) mass is 264 g/mol. The number of rotatable bonds is 6. The Balaban J connectivity index is 4.13. The van der Waals surface area contributed by atoms with Crippen LogP contribution in [0.4, 0.5) is 0 Å². The predicted octanol–water partition coefficient (Wildman–Crippen LogP) is 4.00. The molecular formula is C17H28O2. The molecule has 108 valence electrons. The van der Waals surface area contributed by atoms with Crippen LogP contribution in [0, 0.1) is 29.1 Å². The van der Waals surface area contributed by atoms with E-state index in [2.05, 4.69) is 58.3 Å². The van der Waals surface area contributed by atoms with Crippen molar-refractivity contribution >= 4 is 0 Å². The second-order valence-corrected chi connectivity index (χ2v) is 5.53. The molecule has 0 amide bonds. The molecule has 0 aromatic heterocycles. The summed E-state index contributed by atoms with van der Waals surface area (Å²) in [7, 11) is 0. The fourth-order valence-electron chi connectivity index (χ4n) is 1.31. The van der Waals surface area contributed by atoms with Gasteiger partial charge in [0.05, 0.1) is 0 Å². The highest BCUT2D eigenvalue weighted by molar-refractivity contribution is 5.00. The van der Waals surface area contributed by atoms with E-state index in [9.17, 15) is 0 Å². The van der Waals surface area contributed by atoms with Gasteiger partial charge in [-0.05, 0) is 12.8 Å². The smallest absolute Gasteiger partial charge is 0.164 e. The van der Waals surface area contributed by atoms with Crippen molar-refractivity contribution in [2.24, 2.45) is 5.41 Å². The van der Waals surface area contributed by atoms with E-state index in [-0.39, 0.29) is 11.7 Å². The zero-order valence-electron chi connectivity index (χ0n) is 13.1. The minimum atomic E-state index is -0.264. The summed E-state index contributed by atoms with van der Waals surface area (Å²) in [6, 6.07) is 0. The highest BCUT2D eigenvalue weighted by Crippen LogP contribution is 2.22. The summed E-state index contributed by atoms with van der Waals surface area (Å²) in [5.41, 5.74) is -0.0706. The topological polar surface area (TPSA) is 18.5 Å². The van der Waals surface area contributed by atoms with Gasteiger partial charge in [-0.1, -0.05) is 46.5 Å². The lowest BCUT2D eigenvalue weighted by Crippen LogP contribution is -2.32. The minimum absolute atomic E-state index is 0.0706. The van der Waals surface area contributed by atoms with Gasteiger partial charge in [-0.25, -0.2) is 0 Å². The molecule has 0 atom stereocenters. The van der Waals surface area contributed by atoms with Gasteiger partial charge in [0, 0.05) is 18.3 Å². The molecule has 0 aliphatic heterocycles. The van der Waals surface area contributed by atoms with Crippen molar-refractivity contribution in [2.45, 2.75) is 66.6 Å². The molecule has 0 aromatic rings. The second-order valence-electron chi connectivity index (χ2n) is 5.53. The van der Waals surface area contributed by atoms with Crippen LogP contribution >= 0.6 is 0 Å². The molecule has 0 heterocycles. The maximum Gasteiger partial charge on any atom is 0.164 e. The van der Waals surface area contributed by atoms with Crippen LogP contribution in [0.5, 0.6) is 0 Å². The number of ether oxygens (including phenoxy) is 2. The molecule has 0 rings (SSSR count). The van der Waals surface area contributed by atoms with E-state index in [0.717, 1.165) is 25.7 Å². The van der Waals surface area contributed by atoms with Crippen molar-refractivity contribution < 1.29 is 9.47 Å². The van der Waals surface area contributed by atoms with E-state index in [1.54, 1.807) is 0 Å². The van der Waals surface area contributed by atoms with Crippen molar-refractivity contribution in [1.29, 1.82) is 0 Å². The first-order valence-corrected chi connectivity index (χ1v) is 7.17. The first kappa shape index (κ1) is 18.0. The van der Waals surface area contributed by atoms with Crippen molar-refractivity contribution in [3.05, 3.63) is 0 Å². The van der Waals surface area contributed by atoms with Crippen LogP contribution < -0.4 is 0 Å². The summed E-state index contributed by atoms with van der Waals surface area (Å²) in [6.45, 7) is 11.4. The molecule has 19 heavy (non-hydrogen) atoms. The van der Waals surface area contributed by atoms with Gasteiger partial charge < -0.3 is 9.47 Å². The molecule has 0 N–H and O–H groups in total. The van der Waals surface area contributed by atoms with E-state index in [0.29, 0.717) is 13.2 Å². The third kappa shape index (κ3) is 10.6. The van der Waals surface area contributed by atoms with Gasteiger partial charge in [-0.2, -0.15) is 0 Å². The Morgan fingerprint density at radius 1 is 0.789 bits per heavy atom. The minimum Gasteiger partial charge on any atom is -0.339 e. The zero-order valence-corrected chi connectivity index (χ0v) is 13.1. The molecule has 0 aliphatic carbocycles. The van der Waals surface area contributed by atoms with Crippen molar-refractivity contribution in [2.75, 3.05) is 13.2 Å². The average molecular weight is 264 g/mol. The summed E-state index contributed by atoms with van der Waals surface area (Å²) in [6.07, 6.45) is 3.75. The molecular weight excluding hydrogens is 236 g/mol. The van der Waals surface area contributed by atoms with Crippen LogP contribution in [-0.2, 0) is 9.47 Å². The van der Waals surface area contributed by atoms with Crippen LogP contribution in [0.25, 0.3) is 0 Å². The number of unbranched alkanes of at least 4 members (excludes halogenated alkanes) is 2. The van der Waals surface area contributed by atoms with Gasteiger partial charge in [-0.15, -0.1) is 11.8 Å². The molecule has 2 heteroatoms. The van der Waals surface area contributed by atoms with E-state index < -0.39 is 0 Å². The Morgan fingerprint density at radius 3 is 1.53 bits per heavy atom. The first-order chi connectivity index (χ1) is 9.02. The van der Waals surface area contributed by atoms with E-state index in [4.69, 9.17) is 9.47 Å². The third-order valence-electron chi connectivity index (χ3n) is 2.32. The van der Waals surface area contributed by atoms with E-state index in [1.165, 1.54) is 0 Å². The number of hydrogen-bond donors (Lipinski definition) is 0. The second kappa shape index (κ2) is 10.9. The summed E-state index contributed by atoms with van der Waals surface area (Å²) < 4.78 is 11.4. The molecule has 0 saturated heterocycles. The molecule has 0 aliphatic rings. The van der Waals surface area contributed by atoms with Crippen LogP contribution in [0.15, 0.2) is 0 Å². The lowest BCUT2D eigenvalue weighted by atomic mass is 9.96. The lowest BCUT2D eigenvalue weighted by molar-refractivity contribution is -0.179. The normalized spacial score (nSPS) is 10.6. The molecule has 0 radical (unpaired) electrons. The van der Waals surface area contributed by atoms with Crippen LogP contribution in [0.3, 0.4) is 0 Å². The van der Waals surface area contributed by atoms with E-state index in [1.807, 2.05) is 0 Å². The van der Waals surface area contributed by atoms with Gasteiger partial charge >= 0.3 is 0 Å². The van der Waals surface area contributed by atoms with Crippen LogP contribution in [0.2, 0.25) is 0 Å². The standard InChI is InChI=1S/C17H28O2/c1-6-8-10-12-14-18-16(17(3,4)5)19-15-13-11-9-7-2/h16H,6-9,14-15H2,1-5H3. The van der Waals surface area contributed by atoms with Gasteiger partial charge in [0.15, 0.2) is 6.29 Å². The molecule has 0 spiro atoms. The zero-order chi connectivity index (χ0) is 14.6. The highest BCUT2D eigenvalue weighted by Gasteiger charge is 2.25. The summed E-state index contributed by atoms with van der Waals surface area (Å²) in [4.78, 5) is 0. The Hall–Kier alpha value is -0.960. The van der Waals surface area contributed by atoms with Gasteiger partial charge in [0.1, 0.15) is 13.2 Å². The SMILES string of the molecule is CCCC#CCOC(OCC#CCCC)C(C)(C)C. The maximum absolute atomic E-state index is 5.70. The van der Waals surface area contributed by atoms with E-state index >= 15 is 0 Å². The van der Waals surface area contributed by atoms with Crippen molar-refractivity contribution in [3.8, 4) is 23.7 Å². The summed E-state index contributed by atoms with van der Waals surface area (Å²) in [5.74, 6) is 12.2. The molecule has 0 unspecified atom stereocenters. The molecule has 0 fully saturated rings. The Morgan fingerprint density at radius 2 is 1.21 bits per heavy atom. The summed E-state index contributed by atoms with van der Waals surface area (Å²) in [5, 5.41) is 0. The molecule has 0 saturated carbocycles. The Labute approximate surface area is 119 Å². The summed E-state index contributed by atoms with van der Waals surface area (Å²) >= 11 is 0. The molecule has 0 aromatic carbocycles. The third-order valence-corrected chi connectivity index (χ3v) is 2.32. The fraction of sp³-hybridized carbons (Fsp3) is 0.765. The maximum atomic E-state index is 5.70. The number of hydrogen-bond acceptors (Lipinski definition) is 2. The van der Waals surface area contributed by atoms with Crippen molar-refractivity contribution in [1.82, 2.24) is 0 Å². The van der Waals surface area contributed by atoms with Crippen LogP contribution in [-0.4, -0.2) is 19.5 Å². The predicted molar refractivity (Wildman–Crippen MR) is 80.5 cm³/mol. The highest BCUT2D eigenvalue weighted by atomic mass is 16.7. The first-order valence-electron chi connectivity index (χ1n) is 7.17. The van der Waals surface area contributed by atoms with Gasteiger partial charge in [0.2, 0.25) is 0 Å². The Kier molecular flexibility index (Phi) is 10.4. The molecule has 0 bridgehead atoms. The fourth-order valence-corrected chi connectivity index (χ4v) is 1.31. The van der Waals surface area contributed by atoms with Crippen molar-refractivity contribution in [3.63, 3.8) is 0 Å². The lowest BCUT2D eigenvalue weighted by Gasteiger charge is -2.29. The quantitative estimate of drug-likeness (QED) is 0.533. The largest absolute Gasteiger partial charge is 0.339 e. The molecule has 2 nitrogen and oxygen atoms in total. The van der Waals surface area contributed by atoms with Crippen LogP contribution in [0.1, 0.15) is 60.3 Å². The average Bonchev–Trinajstić information content (AvgIpc) is 2.34.